The molecule has 0 radical (unpaired) electrons. The van der Waals surface area contributed by atoms with Crippen LogP contribution in [0.3, 0.4) is 0 Å². The van der Waals surface area contributed by atoms with Crippen LogP contribution in [0, 0.1) is 0 Å². The zero-order valence-corrected chi connectivity index (χ0v) is 20.3. The summed E-state index contributed by atoms with van der Waals surface area (Å²) < 4.78 is 7.23. The molecule has 0 aliphatic rings. The van der Waals surface area contributed by atoms with Gasteiger partial charge in [0.15, 0.2) is 6.61 Å². The van der Waals surface area contributed by atoms with Crippen molar-refractivity contribution in [2.45, 2.75) is 39.4 Å². The summed E-state index contributed by atoms with van der Waals surface area (Å²) in [6.07, 6.45) is 0. The average molecular weight is 547 g/mol. The molecule has 2 aromatic carbocycles. The summed E-state index contributed by atoms with van der Waals surface area (Å²) in [6, 6.07) is 12.0. The minimum absolute atomic E-state index is 0.0194. The normalized spacial score (nSPS) is 11.8. The topological polar surface area (TPSA) is 58.6 Å². The SMILES string of the molecule is CC(C)NC(=O)[C@H](C)N(Cc1cccc(Br)c1)C(=O)COc1ccc(Cl)cc1Br. The highest BCUT2D eigenvalue weighted by Crippen LogP contribution is 2.28. The van der Waals surface area contributed by atoms with Crippen molar-refractivity contribution in [2.75, 3.05) is 6.61 Å². The molecule has 1 atom stereocenters. The second-order valence-corrected chi connectivity index (χ2v) is 9.06. The third-order valence-electron chi connectivity index (χ3n) is 4.09. The third-order valence-corrected chi connectivity index (χ3v) is 5.43. The lowest BCUT2D eigenvalue weighted by Gasteiger charge is -2.29. The summed E-state index contributed by atoms with van der Waals surface area (Å²) in [7, 11) is 0. The van der Waals surface area contributed by atoms with E-state index in [9.17, 15) is 9.59 Å². The molecule has 2 aromatic rings. The van der Waals surface area contributed by atoms with Crippen LogP contribution < -0.4 is 10.1 Å². The molecule has 0 bridgehead atoms. The monoisotopic (exact) mass is 544 g/mol. The lowest BCUT2D eigenvalue weighted by molar-refractivity contribution is -0.142. The summed E-state index contributed by atoms with van der Waals surface area (Å²) in [5.74, 6) is -0.00121. The van der Waals surface area contributed by atoms with Crippen molar-refractivity contribution in [3.63, 3.8) is 0 Å². The summed E-state index contributed by atoms with van der Waals surface area (Å²) in [5.41, 5.74) is 0.907. The Morgan fingerprint density at radius 1 is 1.14 bits per heavy atom. The molecule has 5 nitrogen and oxygen atoms in total. The molecule has 156 valence electrons. The van der Waals surface area contributed by atoms with E-state index in [1.807, 2.05) is 38.1 Å². The smallest absolute Gasteiger partial charge is 0.261 e. The standard InChI is InChI=1S/C21H23Br2ClN2O3/c1-13(2)25-21(28)14(3)26(11-15-5-4-6-16(22)9-15)20(27)12-29-19-8-7-17(24)10-18(19)23/h4-10,13-14H,11-12H2,1-3H3,(H,25,28)/t14-/m0/s1. The van der Waals surface area contributed by atoms with Gasteiger partial charge in [0.05, 0.1) is 4.47 Å². The van der Waals surface area contributed by atoms with Gasteiger partial charge >= 0.3 is 0 Å². The number of nitrogens with one attached hydrogen (secondary N) is 1. The predicted octanol–water partition coefficient (Wildman–Crippen LogP) is 5.19. The van der Waals surface area contributed by atoms with Gasteiger partial charge in [0.1, 0.15) is 11.8 Å². The number of hydrogen-bond acceptors (Lipinski definition) is 3. The molecule has 2 amide bonds. The van der Waals surface area contributed by atoms with Gasteiger partial charge in [0.2, 0.25) is 5.91 Å². The average Bonchev–Trinajstić information content (AvgIpc) is 2.64. The number of amides is 2. The van der Waals surface area contributed by atoms with E-state index in [4.69, 9.17) is 16.3 Å². The maximum absolute atomic E-state index is 13.0. The third kappa shape index (κ3) is 7.32. The first-order valence-electron chi connectivity index (χ1n) is 9.09. The van der Waals surface area contributed by atoms with Crippen LogP contribution in [0.1, 0.15) is 26.3 Å². The van der Waals surface area contributed by atoms with Gasteiger partial charge in [-0.1, -0.05) is 39.7 Å². The van der Waals surface area contributed by atoms with E-state index in [0.29, 0.717) is 15.2 Å². The Balaban J connectivity index is 2.17. The molecular weight excluding hydrogens is 524 g/mol. The second kappa shape index (κ2) is 11.0. The molecule has 0 saturated carbocycles. The van der Waals surface area contributed by atoms with Crippen LogP contribution in [0.4, 0.5) is 0 Å². The second-order valence-electron chi connectivity index (χ2n) is 6.85. The van der Waals surface area contributed by atoms with Gasteiger partial charge in [-0.3, -0.25) is 9.59 Å². The van der Waals surface area contributed by atoms with Crippen molar-refractivity contribution in [1.29, 1.82) is 0 Å². The zero-order chi connectivity index (χ0) is 21.6. The number of halogens is 3. The van der Waals surface area contributed by atoms with Crippen LogP contribution in [0.25, 0.3) is 0 Å². The fraction of sp³-hybridized carbons (Fsp3) is 0.333. The molecule has 0 aromatic heterocycles. The summed E-state index contributed by atoms with van der Waals surface area (Å²) in [5, 5.41) is 3.42. The zero-order valence-electron chi connectivity index (χ0n) is 16.4. The van der Waals surface area contributed by atoms with Gasteiger partial charge in [-0.2, -0.15) is 0 Å². The highest BCUT2D eigenvalue weighted by atomic mass is 79.9. The maximum Gasteiger partial charge on any atom is 0.261 e. The number of hydrogen-bond donors (Lipinski definition) is 1. The van der Waals surface area contributed by atoms with Crippen LogP contribution in [-0.4, -0.2) is 35.4 Å². The Morgan fingerprint density at radius 3 is 2.48 bits per heavy atom. The molecule has 0 unspecified atom stereocenters. The van der Waals surface area contributed by atoms with E-state index >= 15 is 0 Å². The summed E-state index contributed by atoms with van der Waals surface area (Å²) in [4.78, 5) is 27.0. The molecule has 1 N–H and O–H groups in total. The van der Waals surface area contributed by atoms with Crippen molar-refractivity contribution >= 4 is 55.3 Å². The van der Waals surface area contributed by atoms with E-state index < -0.39 is 6.04 Å². The molecule has 0 saturated heterocycles. The van der Waals surface area contributed by atoms with Gasteiger partial charge < -0.3 is 15.0 Å². The van der Waals surface area contributed by atoms with E-state index in [0.717, 1.165) is 10.0 Å². The Morgan fingerprint density at radius 2 is 1.86 bits per heavy atom. The van der Waals surface area contributed by atoms with Crippen LogP contribution in [0.15, 0.2) is 51.4 Å². The first-order chi connectivity index (χ1) is 13.7. The van der Waals surface area contributed by atoms with E-state index in [1.54, 1.807) is 25.1 Å². The lowest BCUT2D eigenvalue weighted by atomic mass is 10.1. The molecule has 0 heterocycles. The van der Waals surface area contributed by atoms with Crippen molar-refractivity contribution in [3.8, 4) is 5.75 Å². The van der Waals surface area contributed by atoms with Gasteiger partial charge in [-0.25, -0.2) is 0 Å². The number of carbonyl (C=O) groups excluding carboxylic acids is 2. The molecule has 0 aliphatic heterocycles. The van der Waals surface area contributed by atoms with Crippen LogP contribution in [-0.2, 0) is 16.1 Å². The number of carbonyl (C=O) groups is 2. The van der Waals surface area contributed by atoms with Gasteiger partial charge in [-0.05, 0) is 72.6 Å². The van der Waals surface area contributed by atoms with Gasteiger partial charge in [0, 0.05) is 22.1 Å². The first-order valence-corrected chi connectivity index (χ1v) is 11.1. The minimum atomic E-state index is -0.652. The Bertz CT molecular complexity index is 877. The molecular formula is C21H23Br2ClN2O3. The van der Waals surface area contributed by atoms with Crippen molar-refractivity contribution < 1.29 is 14.3 Å². The molecule has 0 aliphatic carbocycles. The number of ether oxygens (including phenoxy) is 1. The molecule has 2 rings (SSSR count). The molecule has 8 heteroatoms. The fourth-order valence-electron chi connectivity index (χ4n) is 2.63. The quantitative estimate of drug-likeness (QED) is 0.496. The summed E-state index contributed by atoms with van der Waals surface area (Å²) >= 11 is 12.8. The fourth-order valence-corrected chi connectivity index (χ4v) is 3.88. The first kappa shape index (κ1) is 23.7. The number of nitrogens with zero attached hydrogens (tertiary/aromatic N) is 1. The minimum Gasteiger partial charge on any atom is -0.483 e. The Hall–Kier alpha value is -1.57. The van der Waals surface area contributed by atoms with Crippen LogP contribution in [0.5, 0.6) is 5.75 Å². The number of rotatable bonds is 8. The summed E-state index contributed by atoms with van der Waals surface area (Å²) in [6.45, 7) is 5.56. The molecule has 0 spiro atoms. The van der Waals surface area contributed by atoms with Crippen molar-refractivity contribution in [2.24, 2.45) is 0 Å². The van der Waals surface area contributed by atoms with Crippen LogP contribution in [0.2, 0.25) is 5.02 Å². The van der Waals surface area contributed by atoms with Gasteiger partial charge in [-0.15, -0.1) is 0 Å². The van der Waals surface area contributed by atoms with E-state index in [1.165, 1.54) is 4.90 Å². The Labute approximate surface area is 193 Å². The molecule has 0 fully saturated rings. The maximum atomic E-state index is 13.0. The van der Waals surface area contributed by atoms with Crippen molar-refractivity contribution in [1.82, 2.24) is 10.2 Å². The van der Waals surface area contributed by atoms with Crippen LogP contribution >= 0.6 is 43.5 Å². The highest BCUT2D eigenvalue weighted by molar-refractivity contribution is 9.10. The van der Waals surface area contributed by atoms with E-state index in [2.05, 4.69) is 37.2 Å². The number of benzene rings is 2. The predicted molar refractivity (Wildman–Crippen MR) is 122 cm³/mol. The van der Waals surface area contributed by atoms with E-state index in [-0.39, 0.29) is 31.0 Å². The highest BCUT2D eigenvalue weighted by Gasteiger charge is 2.27. The van der Waals surface area contributed by atoms with Crippen molar-refractivity contribution in [3.05, 3.63) is 62.0 Å². The lowest BCUT2D eigenvalue weighted by Crippen LogP contribution is -2.50. The molecule has 29 heavy (non-hydrogen) atoms. The van der Waals surface area contributed by atoms with Gasteiger partial charge in [0.25, 0.3) is 5.91 Å². The largest absolute Gasteiger partial charge is 0.483 e. The Kier molecular flexibility index (Phi) is 8.99.